The highest BCUT2D eigenvalue weighted by molar-refractivity contribution is 5.39. The van der Waals surface area contributed by atoms with Gasteiger partial charge in [-0.05, 0) is 19.1 Å². The zero-order valence-electron chi connectivity index (χ0n) is 8.28. The molecule has 1 aromatic heterocycles. The SMILES string of the molecule is Cc1cccc(N2CCN(F)CC2)n1. The molecule has 1 aliphatic rings. The first kappa shape index (κ1) is 9.40. The van der Waals surface area contributed by atoms with Gasteiger partial charge < -0.3 is 4.90 Å². The number of halogens is 1. The van der Waals surface area contributed by atoms with Gasteiger partial charge in [0.15, 0.2) is 0 Å². The molecule has 0 atom stereocenters. The van der Waals surface area contributed by atoms with Crippen molar-refractivity contribution in [3.05, 3.63) is 23.9 Å². The van der Waals surface area contributed by atoms with Gasteiger partial charge in [-0.25, -0.2) is 4.98 Å². The number of rotatable bonds is 1. The van der Waals surface area contributed by atoms with E-state index in [2.05, 4.69) is 9.88 Å². The fourth-order valence-corrected chi connectivity index (χ4v) is 1.62. The zero-order chi connectivity index (χ0) is 9.97. The lowest BCUT2D eigenvalue weighted by Gasteiger charge is -2.30. The molecule has 76 valence electrons. The second-order valence-corrected chi connectivity index (χ2v) is 3.53. The van der Waals surface area contributed by atoms with E-state index in [1.807, 2.05) is 25.1 Å². The summed E-state index contributed by atoms with van der Waals surface area (Å²) in [6, 6.07) is 5.93. The van der Waals surface area contributed by atoms with Crippen LogP contribution in [0.4, 0.5) is 10.3 Å². The van der Waals surface area contributed by atoms with Crippen molar-refractivity contribution in [2.45, 2.75) is 6.92 Å². The Labute approximate surface area is 83.1 Å². The monoisotopic (exact) mass is 195 g/mol. The van der Waals surface area contributed by atoms with Crippen molar-refractivity contribution in [2.24, 2.45) is 0 Å². The van der Waals surface area contributed by atoms with Crippen molar-refractivity contribution in [3.63, 3.8) is 0 Å². The Morgan fingerprint density at radius 3 is 2.57 bits per heavy atom. The number of nitrogens with zero attached hydrogens (tertiary/aromatic N) is 3. The minimum absolute atomic E-state index is 0.468. The van der Waals surface area contributed by atoms with E-state index in [1.54, 1.807) is 0 Å². The van der Waals surface area contributed by atoms with Crippen molar-refractivity contribution in [1.82, 2.24) is 10.1 Å². The number of aryl methyl sites for hydroxylation is 1. The van der Waals surface area contributed by atoms with Gasteiger partial charge in [-0.3, -0.25) is 0 Å². The van der Waals surface area contributed by atoms with Crippen LogP contribution in [-0.2, 0) is 0 Å². The normalized spacial score (nSPS) is 18.6. The van der Waals surface area contributed by atoms with Crippen molar-refractivity contribution in [3.8, 4) is 0 Å². The molecule has 0 aliphatic carbocycles. The lowest BCUT2D eigenvalue weighted by molar-refractivity contribution is 0.0199. The Morgan fingerprint density at radius 1 is 1.21 bits per heavy atom. The fraction of sp³-hybridized carbons (Fsp3) is 0.500. The first-order valence-corrected chi connectivity index (χ1v) is 4.85. The molecular formula is C10H14FN3. The number of piperazine rings is 1. The fourth-order valence-electron chi connectivity index (χ4n) is 1.62. The largest absolute Gasteiger partial charge is 0.354 e. The summed E-state index contributed by atoms with van der Waals surface area (Å²) in [4.78, 5) is 6.52. The molecule has 2 rings (SSSR count). The molecule has 1 saturated heterocycles. The molecule has 0 radical (unpaired) electrons. The Bertz CT molecular complexity index is 308. The molecule has 0 aromatic carbocycles. The topological polar surface area (TPSA) is 19.4 Å². The smallest absolute Gasteiger partial charge is 0.128 e. The molecule has 0 bridgehead atoms. The zero-order valence-corrected chi connectivity index (χ0v) is 8.28. The number of aromatic nitrogens is 1. The van der Waals surface area contributed by atoms with E-state index in [-0.39, 0.29) is 0 Å². The van der Waals surface area contributed by atoms with E-state index in [1.165, 1.54) is 0 Å². The summed E-state index contributed by atoms with van der Waals surface area (Å²) in [6.07, 6.45) is 0. The molecule has 0 saturated carbocycles. The molecule has 3 nitrogen and oxygen atoms in total. The average molecular weight is 195 g/mol. The van der Waals surface area contributed by atoms with Crippen LogP contribution >= 0.6 is 0 Å². The molecule has 2 heterocycles. The van der Waals surface area contributed by atoms with Gasteiger partial charge in [0, 0.05) is 31.9 Å². The molecular weight excluding hydrogens is 181 g/mol. The first-order chi connectivity index (χ1) is 6.75. The third kappa shape index (κ3) is 2.01. The van der Waals surface area contributed by atoms with Crippen LogP contribution in [0.2, 0.25) is 0 Å². The summed E-state index contributed by atoms with van der Waals surface area (Å²) in [7, 11) is 0. The molecule has 1 aromatic rings. The number of hydrogen-bond donors (Lipinski definition) is 0. The quantitative estimate of drug-likeness (QED) is 0.631. The molecule has 0 unspecified atom stereocenters. The Morgan fingerprint density at radius 2 is 1.93 bits per heavy atom. The predicted octanol–water partition coefficient (Wildman–Crippen LogP) is 1.40. The summed E-state index contributed by atoms with van der Waals surface area (Å²) < 4.78 is 12.7. The minimum Gasteiger partial charge on any atom is -0.354 e. The summed E-state index contributed by atoms with van der Waals surface area (Å²) in [5, 5.41) is 0.853. The van der Waals surface area contributed by atoms with Gasteiger partial charge in [0.05, 0.1) is 0 Å². The van der Waals surface area contributed by atoms with E-state index in [4.69, 9.17) is 0 Å². The Kier molecular flexibility index (Phi) is 2.63. The molecule has 14 heavy (non-hydrogen) atoms. The van der Waals surface area contributed by atoms with Crippen LogP contribution in [0.5, 0.6) is 0 Å². The molecule has 4 heteroatoms. The minimum atomic E-state index is 0.468. The third-order valence-electron chi connectivity index (χ3n) is 2.42. The van der Waals surface area contributed by atoms with E-state index in [0.29, 0.717) is 26.2 Å². The maximum absolute atomic E-state index is 12.7. The van der Waals surface area contributed by atoms with E-state index in [9.17, 15) is 4.48 Å². The lowest BCUT2D eigenvalue weighted by atomic mass is 10.3. The van der Waals surface area contributed by atoms with E-state index < -0.39 is 0 Å². The summed E-state index contributed by atoms with van der Waals surface area (Å²) >= 11 is 0. The van der Waals surface area contributed by atoms with E-state index in [0.717, 1.165) is 16.6 Å². The van der Waals surface area contributed by atoms with Crippen LogP contribution < -0.4 is 4.90 Å². The number of anilines is 1. The van der Waals surface area contributed by atoms with Crippen molar-refractivity contribution in [2.75, 3.05) is 31.1 Å². The van der Waals surface area contributed by atoms with Gasteiger partial charge in [-0.1, -0.05) is 6.07 Å². The van der Waals surface area contributed by atoms with Crippen LogP contribution in [-0.4, -0.2) is 36.3 Å². The van der Waals surface area contributed by atoms with Gasteiger partial charge in [0.1, 0.15) is 5.82 Å². The highest BCUT2D eigenvalue weighted by atomic mass is 19.2. The van der Waals surface area contributed by atoms with E-state index >= 15 is 0 Å². The van der Waals surface area contributed by atoms with Gasteiger partial charge in [-0.15, -0.1) is 9.60 Å². The standard InChI is InChI=1S/C10H14FN3/c1-9-3-2-4-10(12-9)13-5-7-14(11)8-6-13/h2-4H,5-8H2,1H3. The van der Waals surface area contributed by atoms with Gasteiger partial charge >= 0.3 is 0 Å². The van der Waals surface area contributed by atoms with Crippen molar-refractivity contribution < 1.29 is 4.48 Å². The second-order valence-electron chi connectivity index (χ2n) is 3.53. The van der Waals surface area contributed by atoms with Crippen molar-refractivity contribution in [1.29, 1.82) is 0 Å². The highest BCUT2D eigenvalue weighted by Gasteiger charge is 2.16. The third-order valence-corrected chi connectivity index (χ3v) is 2.42. The maximum atomic E-state index is 12.7. The van der Waals surface area contributed by atoms with Gasteiger partial charge in [0.2, 0.25) is 0 Å². The van der Waals surface area contributed by atoms with Gasteiger partial charge in [0.25, 0.3) is 0 Å². The van der Waals surface area contributed by atoms with Crippen LogP contribution in [0.15, 0.2) is 18.2 Å². The summed E-state index contributed by atoms with van der Waals surface area (Å²) in [6.45, 7) is 4.33. The van der Waals surface area contributed by atoms with Crippen molar-refractivity contribution >= 4 is 5.82 Å². The molecule has 0 amide bonds. The van der Waals surface area contributed by atoms with Gasteiger partial charge in [-0.2, -0.15) is 0 Å². The Hall–Kier alpha value is -1.16. The molecule has 0 N–H and O–H groups in total. The predicted molar refractivity (Wildman–Crippen MR) is 53.9 cm³/mol. The van der Waals surface area contributed by atoms with Crippen LogP contribution in [0.1, 0.15) is 5.69 Å². The first-order valence-electron chi connectivity index (χ1n) is 4.85. The maximum Gasteiger partial charge on any atom is 0.128 e. The van der Waals surface area contributed by atoms with Crippen LogP contribution in [0.25, 0.3) is 0 Å². The Balaban J connectivity index is 2.08. The highest BCUT2D eigenvalue weighted by Crippen LogP contribution is 2.13. The molecule has 1 fully saturated rings. The molecule has 0 spiro atoms. The average Bonchev–Trinajstić information content (AvgIpc) is 2.19. The number of hydrogen-bond acceptors (Lipinski definition) is 3. The molecule has 1 aliphatic heterocycles. The number of pyridine rings is 1. The lowest BCUT2D eigenvalue weighted by Crippen LogP contribution is -2.43. The summed E-state index contributed by atoms with van der Waals surface area (Å²) in [5.41, 5.74) is 1.00. The van der Waals surface area contributed by atoms with Crippen LogP contribution in [0.3, 0.4) is 0 Å². The van der Waals surface area contributed by atoms with Crippen LogP contribution in [0, 0.1) is 6.92 Å². The second kappa shape index (κ2) is 3.92. The summed E-state index contributed by atoms with van der Waals surface area (Å²) in [5.74, 6) is 0.957.